The molecule has 1 aromatic heterocycles. The number of hydrogen-bond donors (Lipinski definition) is 1. The topological polar surface area (TPSA) is 59.1 Å². The van der Waals surface area contributed by atoms with E-state index in [9.17, 15) is 9.00 Å². The lowest BCUT2D eigenvalue weighted by atomic mass is 10.1. The fourth-order valence-electron chi connectivity index (χ4n) is 2.60. The Morgan fingerprint density at radius 1 is 1.12 bits per heavy atom. The van der Waals surface area contributed by atoms with E-state index in [0.29, 0.717) is 11.3 Å². The molecule has 3 rings (SSSR count). The number of aromatic nitrogens is 1. The number of rotatable bonds is 5. The molecule has 0 saturated carbocycles. The number of carbonyl (C=O) groups excluding carboxylic acids is 1. The zero-order valence-corrected chi connectivity index (χ0v) is 14.1. The van der Waals surface area contributed by atoms with Gasteiger partial charge in [0.05, 0.1) is 11.6 Å². The van der Waals surface area contributed by atoms with Gasteiger partial charge in [-0.05, 0) is 29.8 Å². The minimum absolute atomic E-state index is 0.181. The lowest BCUT2D eigenvalue weighted by Gasteiger charge is -2.18. The van der Waals surface area contributed by atoms with E-state index in [1.54, 1.807) is 18.5 Å². The van der Waals surface area contributed by atoms with Crippen LogP contribution in [0.4, 0.5) is 0 Å². The first-order chi connectivity index (χ1) is 11.6. The Kier molecular flexibility index (Phi) is 5.01. The van der Waals surface area contributed by atoms with Crippen LogP contribution in [0.25, 0.3) is 10.9 Å². The van der Waals surface area contributed by atoms with Gasteiger partial charge in [-0.3, -0.25) is 14.0 Å². The number of fused-ring (bicyclic) bond motifs is 1. The summed E-state index contributed by atoms with van der Waals surface area (Å²) in [5, 5.41) is 3.91. The number of amides is 1. The van der Waals surface area contributed by atoms with Gasteiger partial charge in [-0.1, -0.05) is 36.4 Å². The van der Waals surface area contributed by atoms with Crippen LogP contribution in [0.1, 0.15) is 22.0 Å². The summed E-state index contributed by atoms with van der Waals surface area (Å²) in [6.07, 6.45) is 3.37. The van der Waals surface area contributed by atoms with E-state index in [1.165, 1.54) is 0 Å². The third-order valence-corrected chi connectivity index (χ3v) is 4.58. The highest BCUT2D eigenvalue weighted by atomic mass is 32.2. The molecule has 1 N–H and O–H groups in total. The predicted octanol–water partition coefficient (Wildman–Crippen LogP) is 3.08. The molecule has 0 aliphatic rings. The van der Waals surface area contributed by atoms with Crippen LogP contribution in [0.15, 0.2) is 66.9 Å². The van der Waals surface area contributed by atoms with Crippen LogP contribution in [0, 0.1) is 0 Å². The molecule has 0 aliphatic carbocycles. The van der Waals surface area contributed by atoms with Crippen LogP contribution in [0.2, 0.25) is 0 Å². The fourth-order valence-corrected chi connectivity index (χ4v) is 3.34. The molecular weight excluding hydrogens is 320 g/mol. The molecule has 0 saturated heterocycles. The molecule has 5 heteroatoms. The second-order valence-corrected chi connectivity index (χ2v) is 7.07. The van der Waals surface area contributed by atoms with Crippen molar-refractivity contribution in [2.24, 2.45) is 0 Å². The molecule has 3 aromatic rings. The smallest absolute Gasteiger partial charge is 0.251 e. The van der Waals surface area contributed by atoms with Crippen LogP contribution in [0.5, 0.6) is 0 Å². The largest absolute Gasteiger partial charge is 0.344 e. The average molecular weight is 338 g/mol. The van der Waals surface area contributed by atoms with E-state index in [2.05, 4.69) is 10.3 Å². The zero-order chi connectivity index (χ0) is 16.9. The lowest BCUT2D eigenvalue weighted by molar-refractivity contribution is 0.0940. The van der Waals surface area contributed by atoms with E-state index >= 15 is 0 Å². The van der Waals surface area contributed by atoms with E-state index in [-0.39, 0.29) is 11.9 Å². The number of hydrogen-bond acceptors (Lipinski definition) is 3. The lowest BCUT2D eigenvalue weighted by Crippen LogP contribution is -2.31. The normalized spacial score (nSPS) is 13.4. The zero-order valence-electron chi connectivity index (χ0n) is 13.3. The molecule has 0 aliphatic heterocycles. The minimum Gasteiger partial charge on any atom is -0.344 e. The van der Waals surface area contributed by atoms with Crippen LogP contribution in [-0.2, 0) is 10.8 Å². The maximum Gasteiger partial charge on any atom is 0.251 e. The molecule has 2 atom stereocenters. The Hall–Kier alpha value is -2.53. The van der Waals surface area contributed by atoms with Crippen LogP contribution in [0.3, 0.4) is 0 Å². The average Bonchev–Trinajstić information content (AvgIpc) is 2.61. The Labute approximate surface area is 143 Å². The third-order valence-electron chi connectivity index (χ3n) is 3.77. The van der Waals surface area contributed by atoms with Gasteiger partial charge in [0, 0.05) is 40.0 Å². The molecule has 1 amide bonds. The second kappa shape index (κ2) is 7.36. The van der Waals surface area contributed by atoms with Crippen LogP contribution in [-0.4, -0.2) is 27.1 Å². The van der Waals surface area contributed by atoms with Gasteiger partial charge in [0.25, 0.3) is 5.91 Å². The van der Waals surface area contributed by atoms with E-state index in [0.717, 1.165) is 16.5 Å². The van der Waals surface area contributed by atoms with Gasteiger partial charge in [0.1, 0.15) is 0 Å². The van der Waals surface area contributed by atoms with Crippen molar-refractivity contribution in [1.29, 1.82) is 0 Å². The predicted molar refractivity (Wildman–Crippen MR) is 97.3 cm³/mol. The minimum atomic E-state index is -1.02. The third kappa shape index (κ3) is 3.86. The first kappa shape index (κ1) is 16.3. The molecule has 0 spiro atoms. The molecule has 4 nitrogen and oxygen atoms in total. The van der Waals surface area contributed by atoms with Crippen molar-refractivity contribution in [3.05, 3.63) is 78.0 Å². The molecule has 2 aromatic carbocycles. The Morgan fingerprint density at radius 3 is 2.67 bits per heavy atom. The summed E-state index contributed by atoms with van der Waals surface area (Å²) in [4.78, 5) is 16.9. The first-order valence-electron chi connectivity index (χ1n) is 7.64. The summed E-state index contributed by atoms with van der Waals surface area (Å²) >= 11 is 0. The quantitative estimate of drug-likeness (QED) is 0.778. The Balaban J connectivity index is 1.85. The monoisotopic (exact) mass is 338 g/mol. The highest BCUT2D eigenvalue weighted by Crippen LogP contribution is 2.17. The maximum absolute atomic E-state index is 12.6. The van der Waals surface area contributed by atoms with Gasteiger partial charge < -0.3 is 5.32 Å². The van der Waals surface area contributed by atoms with Gasteiger partial charge in [-0.15, -0.1) is 0 Å². The van der Waals surface area contributed by atoms with Gasteiger partial charge in [0.2, 0.25) is 0 Å². The standard InChI is InChI=1S/C19H18N2O2S/c1-24(23)13-18(14-6-3-2-4-7-14)21-19(22)16-9-10-17-15(12-16)8-5-11-20-17/h2-12,18H,13H2,1H3,(H,21,22)/t18-,24-/m0/s1. The molecule has 1 heterocycles. The number of nitrogens with zero attached hydrogens (tertiary/aromatic N) is 1. The second-order valence-electron chi connectivity index (χ2n) is 5.59. The molecule has 24 heavy (non-hydrogen) atoms. The van der Waals surface area contributed by atoms with E-state index in [1.807, 2.05) is 54.6 Å². The van der Waals surface area contributed by atoms with Gasteiger partial charge in [-0.25, -0.2) is 0 Å². The summed E-state index contributed by atoms with van der Waals surface area (Å²) in [7, 11) is -1.02. The van der Waals surface area contributed by atoms with Crippen molar-refractivity contribution in [2.45, 2.75) is 6.04 Å². The van der Waals surface area contributed by atoms with Gasteiger partial charge in [0.15, 0.2) is 0 Å². The SMILES string of the molecule is C[S@](=O)C[C@H](NC(=O)c1ccc2ncccc2c1)c1ccccc1. The van der Waals surface area contributed by atoms with Crippen molar-refractivity contribution in [2.75, 3.05) is 12.0 Å². The first-order valence-corrected chi connectivity index (χ1v) is 9.37. The molecule has 0 unspecified atom stereocenters. The molecular formula is C19H18N2O2S. The number of pyridine rings is 1. The Bertz CT molecular complexity index is 881. The summed E-state index contributed by atoms with van der Waals surface area (Å²) < 4.78 is 11.7. The number of benzene rings is 2. The highest BCUT2D eigenvalue weighted by molar-refractivity contribution is 7.84. The van der Waals surface area contributed by atoms with Crippen molar-refractivity contribution in [3.8, 4) is 0 Å². The Morgan fingerprint density at radius 2 is 1.92 bits per heavy atom. The molecule has 122 valence electrons. The molecule has 0 radical (unpaired) electrons. The highest BCUT2D eigenvalue weighted by Gasteiger charge is 2.17. The van der Waals surface area contributed by atoms with E-state index < -0.39 is 10.8 Å². The molecule has 0 fully saturated rings. The number of nitrogens with one attached hydrogen (secondary N) is 1. The molecule has 0 bridgehead atoms. The summed E-state index contributed by atoms with van der Waals surface area (Å²) in [5.41, 5.74) is 2.37. The van der Waals surface area contributed by atoms with Gasteiger partial charge in [-0.2, -0.15) is 0 Å². The summed E-state index contributed by atoms with van der Waals surface area (Å²) in [5.74, 6) is 0.199. The van der Waals surface area contributed by atoms with Crippen LogP contribution >= 0.6 is 0 Å². The number of carbonyl (C=O) groups is 1. The van der Waals surface area contributed by atoms with Crippen molar-refractivity contribution in [3.63, 3.8) is 0 Å². The summed E-state index contributed by atoms with van der Waals surface area (Å²) in [6.45, 7) is 0. The van der Waals surface area contributed by atoms with E-state index in [4.69, 9.17) is 0 Å². The fraction of sp³-hybridized carbons (Fsp3) is 0.158. The van der Waals surface area contributed by atoms with Crippen molar-refractivity contribution < 1.29 is 9.00 Å². The maximum atomic E-state index is 12.6. The van der Waals surface area contributed by atoms with Crippen LogP contribution < -0.4 is 5.32 Å². The van der Waals surface area contributed by atoms with Crippen molar-refractivity contribution in [1.82, 2.24) is 10.3 Å². The summed E-state index contributed by atoms with van der Waals surface area (Å²) in [6, 6.07) is 18.5. The van der Waals surface area contributed by atoms with Gasteiger partial charge >= 0.3 is 0 Å². The van der Waals surface area contributed by atoms with Crippen molar-refractivity contribution >= 4 is 27.6 Å².